The third-order valence-electron chi connectivity index (χ3n) is 5.59. The van der Waals surface area contributed by atoms with Crippen molar-refractivity contribution in [3.8, 4) is 0 Å². The molecule has 2 heterocycles. The predicted octanol–water partition coefficient (Wildman–Crippen LogP) is 5.01. The summed E-state index contributed by atoms with van der Waals surface area (Å²) in [5.74, 6) is 1.64. The van der Waals surface area contributed by atoms with Crippen LogP contribution >= 0.6 is 0 Å². The van der Waals surface area contributed by atoms with Gasteiger partial charge in [-0.1, -0.05) is 48.0 Å². The molecule has 5 rings (SSSR count). The van der Waals surface area contributed by atoms with E-state index in [0.29, 0.717) is 0 Å². The Morgan fingerprint density at radius 3 is 2.13 bits per heavy atom. The van der Waals surface area contributed by atoms with Crippen LogP contribution in [0, 0.1) is 6.92 Å². The highest BCUT2D eigenvalue weighted by atomic mass is 15.3. The molecule has 150 valence electrons. The zero-order valence-corrected chi connectivity index (χ0v) is 17.1. The summed E-state index contributed by atoms with van der Waals surface area (Å²) in [7, 11) is 0. The van der Waals surface area contributed by atoms with Crippen LogP contribution in [-0.4, -0.2) is 36.1 Å². The standard InChI is InChI=1S/C25H25N5/c1-19-11-13-20(14-12-19)26-24-22-9-5-6-10-23(22)27-25(28-24)30-17-15-29(16-18-30)21-7-3-2-4-8-21/h2-14H,15-18H2,1H3,(H,26,27,28). The smallest absolute Gasteiger partial charge is 0.228 e. The van der Waals surface area contributed by atoms with Gasteiger partial charge in [-0.25, -0.2) is 4.98 Å². The molecule has 0 unspecified atom stereocenters. The van der Waals surface area contributed by atoms with Gasteiger partial charge in [0, 0.05) is 42.9 Å². The second-order valence-corrected chi connectivity index (χ2v) is 7.69. The first kappa shape index (κ1) is 18.4. The minimum Gasteiger partial charge on any atom is -0.368 e. The number of hydrogen-bond donors (Lipinski definition) is 1. The Bertz CT molecular complexity index is 1130. The Kier molecular flexibility index (Phi) is 4.93. The molecule has 1 aliphatic rings. The Morgan fingerprint density at radius 2 is 1.37 bits per heavy atom. The summed E-state index contributed by atoms with van der Waals surface area (Å²) < 4.78 is 0. The second-order valence-electron chi connectivity index (χ2n) is 7.69. The summed E-state index contributed by atoms with van der Waals surface area (Å²) in [5, 5.41) is 4.53. The molecule has 1 aliphatic heterocycles. The van der Waals surface area contributed by atoms with E-state index in [-0.39, 0.29) is 0 Å². The van der Waals surface area contributed by atoms with E-state index in [1.807, 2.05) is 12.1 Å². The van der Waals surface area contributed by atoms with Gasteiger partial charge < -0.3 is 15.1 Å². The lowest BCUT2D eigenvalue weighted by Gasteiger charge is -2.36. The monoisotopic (exact) mass is 395 g/mol. The van der Waals surface area contributed by atoms with Crippen LogP contribution in [0.4, 0.5) is 23.1 Å². The minimum atomic E-state index is 0.788. The summed E-state index contributed by atoms with van der Waals surface area (Å²) in [6.45, 7) is 5.81. The van der Waals surface area contributed by atoms with E-state index in [2.05, 4.69) is 88.8 Å². The van der Waals surface area contributed by atoms with Gasteiger partial charge in [0.15, 0.2) is 0 Å². The Morgan fingerprint density at radius 1 is 0.700 bits per heavy atom. The number of rotatable bonds is 4. The van der Waals surface area contributed by atoms with Crippen molar-refractivity contribution >= 4 is 34.0 Å². The number of hydrogen-bond acceptors (Lipinski definition) is 5. The number of piperazine rings is 1. The number of para-hydroxylation sites is 2. The van der Waals surface area contributed by atoms with Crippen LogP contribution in [0.5, 0.6) is 0 Å². The molecule has 0 atom stereocenters. The number of aryl methyl sites for hydroxylation is 1. The van der Waals surface area contributed by atoms with Crippen molar-refractivity contribution in [3.63, 3.8) is 0 Å². The Labute approximate surface area is 177 Å². The molecule has 0 saturated carbocycles. The van der Waals surface area contributed by atoms with Gasteiger partial charge in [0.25, 0.3) is 0 Å². The maximum Gasteiger partial charge on any atom is 0.228 e. The normalized spacial score (nSPS) is 14.2. The first-order valence-electron chi connectivity index (χ1n) is 10.4. The van der Waals surface area contributed by atoms with Gasteiger partial charge in [-0.15, -0.1) is 0 Å². The molecular formula is C25H25N5. The molecule has 0 radical (unpaired) electrons. The van der Waals surface area contributed by atoms with Gasteiger partial charge in [0.2, 0.25) is 5.95 Å². The van der Waals surface area contributed by atoms with Crippen molar-refractivity contribution in [1.29, 1.82) is 0 Å². The SMILES string of the molecule is Cc1ccc(Nc2nc(N3CCN(c4ccccc4)CC3)nc3ccccc23)cc1. The number of aromatic nitrogens is 2. The number of nitrogens with one attached hydrogen (secondary N) is 1. The van der Waals surface area contributed by atoms with E-state index in [0.717, 1.165) is 54.5 Å². The molecule has 1 saturated heterocycles. The second kappa shape index (κ2) is 8.03. The van der Waals surface area contributed by atoms with Crippen LogP contribution < -0.4 is 15.1 Å². The van der Waals surface area contributed by atoms with Crippen LogP contribution in [0.2, 0.25) is 0 Å². The zero-order valence-electron chi connectivity index (χ0n) is 17.1. The van der Waals surface area contributed by atoms with Crippen molar-refractivity contribution in [3.05, 3.63) is 84.4 Å². The van der Waals surface area contributed by atoms with Gasteiger partial charge in [0.1, 0.15) is 5.82 Å². The van der Waals surface area contributed by atoms with Crippen LogP contribution in [0.15, 0.2) is 78.9 Å². The van der Waals surface area contributed by atoms with Crippen molar-refractivity contribution < 1.29 is 0 Å². The lowest BCUT2D eigenvalue weighted by atomic mass is 10.2. The fraction of sp³-hybridized carbons (Fsp3) is 0.200. The summed E-state index contributed by atoms with van der Waals surface area (Å²) in [4.78, 5) is 14.5. The first-order chi connectivity index (χ1) is 14.8. The van der Waals surface area contributed by atoms with Gasteiger partial charge >= 0.3 is 0 Å². The molecule has 0 aliphatic carbocycles. The maximum absolute atomic E-state index is 4.93. The number of benzene rings is 3. The molecule has 3 aromatic carbocycles. The van der Waals surface area contributed by atoms with E-state index >= 15 is 0 Å². The molecule has 5 nitrogen and oxygen atoms in total. The minimum absolute atomic E-state index is 0.788. The molecule has 30 heavy (non-hydrogen) atoms. The summed E-state index contributed by atoms with van der Waals surface area (Å²) in [6.07, 6.45) is 0. The van der Waals surface area contributed by atoms with Crippen LogP contribution in [0.1, 0.15) is 5.56 Å². The molecular weight excluding hydrogens is 370 g/mol. The summed E-state index contributed by atoms with van der Waals surface area (Å²) in [5.41, 5.74) is 4.51. The topological polar surface area (TPSA) is 44.3 Å². The van der Waals surface area contributed by atoms with Crippen LogP contribution in [-0.2, 0) is 0 Å². The van der Waals surface area contributed by atoms with Crippen LogP contribution in [0.25, 0.3) is 10.9 Å². The van der Waals surface area contributed by atoms with Crippen LogP contribution in [0.3, 0.4) is 0 Å². The fourth-order valence-electron chi connectivity index (χ4n) is 3.88. The number of anilines is 4. The third kappa shape index (κ3) is 3.79. The highest BCUT2D eigenvalue weighted by molar-refractivity contribution is 5.91. The molecule has 0 amide bonds. The molecule has 5 heteroatoms. The average molecular weight is 396 g/mol. The number of fused-ring (bicyclic) bond motifs is 1. The van der Waals surface area contributed by atoms with E-state index < -0.39 is 0 Å². The van der Waals surface area contributed by atoms with E-state index in [1.54, 1.807) is 0 Å². The lowest BCUT2D eigenvalue weighted by Crippen LogP contribution is -2.47. The first-order valence-corrected chi connectivity index (χ1v) is 10.4. The zero-order chi connectivity index (χ0) is 20.3. The lowest BCUT2D eigenvalue weighted by molar-refractivity contribution is 0.641. The van der Waals surface area contributed by atoms with E-state index in [4.69, 9.17) is 9.97 Å². The average Bonchev–Trinajstić information content (AvgIpc) is 2.81. The third-order valence-corrected chi connectivity index (χ3v) is 5.59. The van der Waals surface area contributed by atoms with Crippen molar-refractivity contribution in [2.45, 2.75) is 6.92 Å². The van der Waals surface area contributed by atoms with Crippen molar-refractivity contribution in [2.24, 2.45) is 0 Å². The summed E-state index contributed by atoms with van der Waals surface area (Å²) in [6, 6.07) is 27.2. The van der Waals surface area contributed by atoms with Crippen molar-refractivity contribution in [1.82, 2.24) is 9.97 Å². The Balaban J connectivity index is 1.41. The maximum atomic E-state index is 4.93. The van der Waals surface area contributed by atoms with Gasteiger partial charge in [-0.05, 0) is 43.3 Å². The Hall–Kier alpha value is -3.60. The predicted molar refractivity (Wildman–Crippen MR) is 125 cm³/mol. The van der Waals surface area contributed by atoms with Gasteiger partial charge in [-0.2, -0.15) is 4.98 Å². The quantitative estimate of drug-likeness (QED) is 0.526. The van der Waals surface area contributed by atoms with Gasteiger partial charge in [-0.3, -0.25) is 0 Å². The largest absolute Gasteiger partial charge is 0.368 e. The van der Waals surface area contributed by atoms with Gasteiger partial charge in [0.05, 0.1) is 5.52 Å². The van der Waals surface area contributed by atoms with E-state index in [1.165, 1.54) is 11.3 Å². The molecule has 0 bridgehead atoms. The molecule has 0 spiro atoms. The molecule has 1 fully saturated rings. The molecule has 4 aromatic rings. The molecule has 1 N–H and O–H groups in total. The fourth-order valence-corrected chi connectivity index (χ4v) is 3.88. The summed E-state index contributed by atoms with van der Waals surface area (Å²) >= 11 is 0. The highest BCUT2D eigenvalue weighted by Gasteiger charge is 2.20. The van der Waals surface area contributed by atoms with Crippen molar-refractivity contribution in [2.75, 3.05) is 41.3 Å². The number of nitrogens with zero attached hydrogens (tertiary/aromatic N) is 4. The highest BCUT2D eigenvalue weighted by Crippen LogP contribution is 2.27. The van der Waals surface area contributed by atoms with E-state index in [9.17, 15) is 0 Å². The molecule has 1 aromatic heterocycles.